The number of anilines is 2. The molecule has 0 radical (unpaired) electrons. The van der Waals surface area contributed by atoms with Crippen LogP contribution in [0, 0.1) is 0 Å². The van der Waals surface area contributed by atoms with Crippen molar-refractivity contribution < 1.29 is 57.5 Å². The van der Waals surface area contributed by atoms with Crippen LogP contribution >= 0.6 is 12.8 Å². The third kappa shape index (κ3) is 6.61. The summed E-state index contributed by atoms with van der Waals surface area (Å²) in [6, 6.07) is -1.92. The molecule has 0 aliphatic carbocycles. The van der Waals surface area contributed by atoms with Gasteiger partial charge in [-0.05, 0) is 36.4 Å². The summed E-state index contributed by atoms with van der Waals surface area (Å²) in [5, 5.41) is 1.53. The average molecular weight is 516 g/mol. The van der Waals surface area contributed by atoms with Crippen molar-refractivity contribution in [1.82, 2.24) is 0 Å². The standard InChI is InChI=1S/C17H8F12N2OS/c18-14(19,20)7-1-8(15(21,22)23)4-11(3-7)30-13(32)31(33)12-5-9(16(24,25)26)2-10(6-12)17(27,28)29/h1-6,33H,(H,30,32). The number of hydrogen-bond acceptors (Lipinski definition) is 2. The van der Waals surface area contributed by atoms with Gasteiger partial charge in [0.1, 0.15) is 0 Å². The molecule has 0 saturated carbocycles. The molecule has 182 valence electrons. The van der Waals surface area contributed by atoms with E-state index in [9.17, 15) is 57.5 Å². The molecule has 0 spiro atoms. The molecule has 0 saturated heterocycles. The van der Waals surface area contributed by atoms with Crippen LogP contribution in [0.25, 0.3) is 0 Å². The SMILES string of the molecule is O=C(Nc1cc(C(F)(F)F)cc(C(F)(F)F)c1)N(S)c1cc(C(F)(F)F)cc(C(F)(F)F)c1. The number of rotatable bonds is 2. The maximum atomic E-state index is 12.9. The first kappa shape index (κ1) is 26.5. The normalized spacial score (nSPS) is 13.1. The first-order valence-electron chi connectivity index (χ1n) is 8.08. The Hall–Kier alpha value is -2.78. The van der Waals surface area contributed by atoms with Crippen LogP contribution in [0.1, 0.15) is 22.3 Å². The van der Waals surface area contributed by atoms with E-state index in [4.69, 9.17) is 0 Å². The van der Waals surface area contributed by atoms with Crippen molar-refractivity contribution in [2.75, 3.05) is 9.62 Å². The highest BCUT2D eigenvalue weighted by atomic mass is 32.1. The summed E-state index contributed by atoms with van der Waals surface area (Å²) in [5.41, 5.74) is -9.52. The minimum Gasteiger partial charge on any atom is -0.307 e. The molecule has 2 aromatic carbocycles. The number of urea groups is 1. The summed E-state index contributed by atoms with van der Waals surface area (Å²) in [6.45, 7) is 0. The smallest absolute Gasteiger partial charge is 0.307 e. The quantitative estimate of drug-likeness (QED) is 0.312. The number of nitrogens with one attached hydrogen (secondary N) is 1. The highest BCUT2D eigenvalue weighted by molar-refractivity contribution is 7.82. The topological polar surface area (TPSA) is 32.3 Å². The predicted octanol–water partition coefficient (Wildman–Crippen LogP) is 7.65. The summed E-state index contributed by atoms with van der Waals surface area (Å²) >= 11 is 3.44. The van der Waals surface area contributed by atoms with Crippen LogP contribution in [-0.4, -0.2) is 6.03 Å². The largest absolute Gasteiger partial charge is 0.416 e. The van der Waals surface area contributed by atoms with Crippen molar-refractivity contribution in [2.24, 2.45) is 0 Å². The molecule has 2 amide bonds. The molecular formula is C17H8F12N2OS. The molecule has 0 unspecified atom stereocenters. The highest BCUT2D eigenvalue weighted by Gasteiger charge is 2.39. The lowest BCUT2D eigenvalue weighted by Crippen LogP contribution is -2.28. The average Bonchev–Trinajstić information content (AvgIpc) is 2.64. The van der Waals surface area contributed by atoms with Gasteiger partial charge in [-0.2, -0.15) is 52.7 Å². The molecule has 33 heavy (non-hydrogen) atoms. The molecule has 2 aromatic rings. The fourth-order valence-electron chi connectivity index (χ4n) is 2.38. The van der Waals surface area contributed by atoms with Gasteiger partial charge in [0.05, 0.1) is 27.9 Å². The predicted molar refractivity (Wildman–Crippen MR) is 93.4 cm³/mol. The van der Waals surface area contributed by atoms with Crippen molar-refractivity contribution in [3.05, 3.63) is 58.7 Å². The van der Waals surface area contributed by atoms with Gasteiger partial charge in [-0.1, -0.05) is 12.8 Å². The number of thiol groups is 1. The maximum absolute atomic E-state index is 12.9. The molecule has 3 nitrogen and oxygen atoms in total. The summed E-state index contributed by atoms with van der Waals surface area (Å²) in [5.74, 6) is 0. The van der Waals surface area contributed by atoms with Crippen LogP contribution in [-0.2, 0) is 24.7 Å². The van der Waals surface area contributed by atoms with Gasteiger partial charge in [0, 0.05) is 5.69 Å². The number of amides is 2. The molecular weight excluding hydrogens is 508 g/mol. The van der Waals surface area contributed by atoms with Gasteiger partial charge in [-0.25, -0.2) is 9.10 Å². The molecule has 1 N–H and O–H groups in total. The van der Waals surface area contributed by atoms with E-state index in [0.717, 1.165) is 0 Å². The maximum Gasteiger partial charge on any atom is 0.416 e. The van der Waals surface area contributed by atoms with Gasteiger partial charge in [0.15, 0.2) is 0 Å². The molecule has 0 atom stereocenters. The first-order chi connectivity index (χ1) is 14.7. The zero-order valence-corrected chi connectivity index (χ0v) is 16.2. The lowest BCUT2D eigenvalue weighted by Gasteiger charge is -2.21. The Morgan fingerprint density at radius 1 is 0.606 bits per heavy atom. The summed E-state index contributed by atoms with van der Waals surface area (Å²) in [6.07, 6.45) is -21.1. The molecule has 0 aliphatic heterocycles. The Balaban J connectivity index is 2.48. The van der Waals surface area contributed by atoms with E-state index in [-0.39, 0.29) is 40.7 Å². The summed E-state index contributed by atoms with van der Waals surface area (Å²) in [4.78, 5) is 12.2. The number of carbonyl (C=O) groups is 1. The van der Waals surface area contributed by atoms with Gasteiger partial charge in [-0.15, -0.1) is 0 Å². The first-order valence-corrected chi connectivity index (χ1v) is 8.48. The Morgan fingerprint density at radius 2 is 0.909 bits per heavy atom. The second-order valence-electron chi connectivity index (χ2n) is 6.30. The fourth-order valence-corrected chi connectivity index (χ4v) is 2.55. The van der Waals surface area contributed by atoms with Crippen LogP contribution in [0.3, 0.4) is 0 Å². The Bertz CT molecular complexity index is 976. The van der Waals surface area contributed by atoms with Crippen molar-refractivity contribution in [1.29, 1.82) is 0 Å². The fraction of sp³-hybridized carbons (Fsp3) is 0.235. The molecule has 0 aliphatic rings. The van der Waals surface area contributed by atoms with E-state index >= 15 is 0 Å². The monoisotopic (exact) mass is 516 g/mol. The Labute approximate surface area is 181 Å². The molecule has 0 bridgehead atoms. The summed E-state index contributed by atoms with van der Waals surface area (Å²) in [7, 11) is 0. The van der Waals surface area contributed by atoms with Crippen LogP contribution in [0.2, 0.25) is 0 Å². The second-order valence-corrected chi connectivity index (χ2v) is 6.70. The van der Waals surface area contributed by atoms with Crippen LogP contribution in [0.4, 0.5) is 68.9 Å². The van der Waals surface area contributed by atoms with Gasteiger partial charge in [0.2, 0.25) is 0 Å². The van der Waals surface area contributed by atoms with Gasteiger partial charge >= 0.3 is 30.7 Å². The molecule has 0 fully saturated rings. The molecule has 0 heterocycles. The number of carbonyl (C=O) groups excluding carboxylic acids is 1. The zero-order valence-electron chi connectivity index (χ0n) is 15.3. The van der Waals surface area contributed by atoms with E-state index in [1.54, 1.807) is 0 Å². The Morgan fingerprint density at radius 3 is 1.21 bits per heavy atom. The number of nitrogens with zero attached hydrogens (tertiary/aromatic N) is 1. The van der Waals surface area contributed by atoms with Crippen molar-refractivity contribution in [3.8, 4) is 0 Å². The van der Waals surface area contributed by atoms with Crippen molar-refractivity contribution >= 4 is 30.2 Å². The third-order valence-electron chi connectivity index (χ3n) is 3.85. The number of alkyl halides is 12. The molecule has 16 heteroatoms. The van der Waals surface area contributed by atoms with E-state index in [1.807, 2.05) is 0 Å². The van der Waals surface area contributed by atoms with Gasteiger partial charge < -0.3 is 5.32 Å². The van der Waals surface area contributed by atoms with Crippen LogP contribution in [0.5, 0.6) is 0 Å². The van der Waals surface area contributed by atoms with Crippen molar-refractivity contribution in [3.63, 3.8) is 0 Å². The van der Waals surface area contributed by atoms with E-state index in [1.165, 1.54) is 5.32 Å². The molecule has 2 rings (SSSR count). The highest BCUT2D eigenvalue weighted by Crippen LogP contribution is 2.40. The van der Waals surface area contributed by atoms with E-state index in [2.05, 4.69) is 12.8 Å². The van der Waals surface area contributed by atoms with Crippen LogP contribution in [0.15, 0.2) is 36.4 Å². The molecule has 0 aromatic heterocycles. The number of hydrogen-bond donors (Lipinski definition) is 2. The zero-order chi connectivity index (χ0) is 25.6. The lowest BCUT2D eigenvalue weighted by molar-refractivity contribution is -0.144. The third-order valence-corrected chi connectivity index (χ3v) is 4.26. The van der Waals surface area contributed by atoms with E-state index < -0.39 is 64.4 Å². The Kier molecular flexibility index (Phi) is 6.85. The van der Waals surface area contributed by atoms with Gasteiger partial charge in [0.25, 0.3) is 0 Å². The van der Waals surface area contributed by atoms with Crippen LogP contribution < -0.4 is 9.62 Å². The lowest BCUT2D eigenvalue weighted by atomic mass is 10.1. The number of halogens is 12. The second kappa shape index (κ2) is 8.53. The minimum absolute atomic E-state index is 0.0785. The number of benzene rings is 2. The van der Waals surface area contributed by atoms with Gasteiger partial charge in [-0.3, -0.25) is 0 Å². The van der Waals surface area contributed by atoms with Crippen molar-refractivity contribution in [2.45, 2.75) is 24.7 Å². The summed E-state index contributed by atoms with van der Waals surface area (Å²) < 4.78 is 155. The van der Waals surface area contributed by atoms with E-state index in [0.29, 0.717) is 0 Å². The minimum atomic E-state index is -5.29.